The van der Waals surface area contributed by atoms with Gasteiger partial charge in [-0.1, -0.05) is 6.07 Å². The van der Waals surface area contributed by atoms with Crippen molar-refractivity contribution < 1.29 is 27.5 Å². The van der Waals surface area contributed by atoms with E-state index in [9.17, 15) is 22.8 Å². The van der Waals surface area contributed by atoms with E-state index in [4.69, 9.17) is 4.74 Å². The van der Waals surface area contributed by atoms with Crippen LogP contribution in [-0.4, -0.2) is 18.5 Å². The summed E-state index contributed by atoms with van der Waals surface area (Å²) in [7, 11) is 0. The fourth-order valence-electron chi connectivity index (χ4n) is 2.92. The number of carbonyl (C=O) groups is 2. The van der Waals surface area contributed by atoms with Crippen LogP contribution in [0.4, 0.5) is 18.2 Å². The molecule has 1 aliphatic carbocycles. The molecule has 0 aliphatic heterocycles. The molecule has 0 saturated carbocycles. The highest BCUT2D eigenvalue weighted by Gasteiger charge is 2.32. The van der Waals surface area contributed by atoms with Crippen LogP contribution in [0.15, 0.2) is 24.3 Å². The molecule has 1 aliphatic rings. The highest BCUT2D eigenvalue weighted by Crippen LogP contribution is 2.40. The molecular weight excluding hydrogens is 367 g/mol. The normalized spacial score (nSPS) is 13.4. The van der Waals surface area contributed by atoms with Crippen molar-refractivity contribution in [3.63, 3.8) is 0 Å². The minimum absolute atomic E-state index is 0.122. The van der Waals surface area contributed by atoms with Crippen molar-refractivity contribution in [1.82, 2.24) is 0 Å². The number of carbonyl (C=O) groups excluding carboxylic acids is 2. The van der Waals surface area contributed by atoms with Crippen molar-refractivity contribution >= 4 is 28.2 Å². The third-order valence-corrected chi connectivity index (χ3v) is 5.29. The summed E-state index contributed by atoms with van der Waals surface area (Å²) in [6, 6.07) is 4.18. The summed E-state index contributed by atoms with van der Waals surface area (Å²) >= 11 is 1.28. The monoisotopic (exact) mass is 383 g/mol. The summed E-state index contributed by atoms with van der Waals surface area (Å²) in [6.07, 6.45) is -2.07. The predicted octanol–water partition coefficient (Wildman–Crippen LogP) is 4.68. The molecule has 1 N–H and O–H groups in total. The molecule has 0 atom stereocenters. The second-order valence-electron chi connectivity index (χ2n) is 5.81. The number of anilines is 1. The minimum Gasteiger partial charge on any atom is -0.462 e. The molecule has 0 radical (unpaired) electrons. The topological polar surface area (TPSA) is 55.4 Å². The largest absolute Gasteiger partial charge is 0.462 e. The average Bonchev–Trinajstić information content (AvgIpc) is 3.14. The van der Waals surface area contributed by atoms with E-state index in [1.54, 1.807) is 6.92 Å². The van der Waals surface area contributed by atoms with E-state index in [1.807, 2.05) is 0 Å². The fraction of sp³-hybridized carbons (Fsp3) is 0.333. The Morgan fingerprint density at radius 1 is 1.27 bits per heavy atom. The third-order valence-electron chi connectivity index (χ3n) is 4.08. The van der Waals surface area contributed by atoms with Crippen molar-refractivity contribution in [3.05, 3.63) is 51.4 Å². The highest BCUT2D eigenvalue weighted by molar-refractivity contribution is 7.17. The van der Waals surface area contributed by atoms with Gasteiger partial charge in [-0.3, -0.25) is 4.79 Å². The summed E-state index contributed by atoms with van der Waals surface area (Å²) in [5.74, 6) is -1.21. The Kier molecular flexibility index (Phi) is 5.04. The summed E-state index contributed by atoms with van der Waals surface area (Å²) in [5, 5.41) is 2.91. The minimum atomic E-state index is -4.53. The van der Waals surface area contributed by atoms with Crippen LogP contribution in [0.5, 0.6) is 0 Å². The molecule has 8 heteroatoms. The van der Waals surface area contributed by atoms with Gasteiger partial charge in [0, 0.05) is 10.4 Å². The first-order valence-corrected chi connectivity index (χ1v) is 8.93. The Morgan fingerprint density at radius 2 is 2.04 bits per heavy atom. The van der Waals surface area contributed by atoms with Crippen molar-refractivity contribution in [2.45, 2.75) is 32.4 Å². The Bertz CT molecular complexity index is 858. The maximum Gasteiger partial charge on any atom is 0.416 e. The summed E-state index contributed by atoms with van der Waals surface area (Å²) in [4.78, 5) is 25.7. The number of benzene rings is 1. The van der Waals surface area contributed by atoms with Crippen LogP contribution < -0.4 is 5.32 Å². The van der Waals surface area contributed by atoms with Gasteiger partial charge in [0.15, 0.2) is 0 Å². The molecule has 26 heavy (non-hydrogen) atoms. The first kappa shape index (κ1) is 18.4. The van der Waals surface area contributed by atoms with Crippen molar-refractivity contribution in [2.24, 2.45) is 0 Å². The molecule has 1 amide bonds. The smallest absolute Gasteiger partial charge is 0.416 e. The van der Waals surface area contributed by atoms with Gasteiger partial charge >= 0.3 is 12.1 Å². The highest BCUT2D eigenvalue weighted by atomic mass is 32.1. The Hall–Kier alpha value is -2.35. The molecule has 2 aromatic rings. The maximum absolute atomic E-state index is 12.8. The van der Waals surface area contributed by atoms with Crippen LogP contribution in [0.25, 0.3) is 0 Å². The van der Waals surface area contributed by atoms with E-state index < -0.39 is 23.6 Å². The number of nitrogens with one attached hydrogen (secondary N) is 1. The van der Waals surface area contributed by atoms with Gasteiger partial charge in [0.25, 0.3) is 5.91 Å². The zero-order chi connectivity index (χ0) is 18.9. The zero-order valence-corrected chi connectivity index (χ0v) is 14.7. The number of fused-ring (bicyclic) bond motifs is 1. The molecule has 1 heterocycles. The molecule has 1 aromatic carbocycles. The number of aryl methyl sites for hydroxylation is 1. The predicted molar refractivity (Wildman–Crippen MR) is 91.7 cm³/mol. The first-order chi connectivity index (χ1) is 12.3. The van der Waals surface area contributed by atoms with Crippen LogP contribution in [0.2, 0.25) is 0 Å². The van der Waals surface area contributed by atoms with Crippen LogP contribution in [0, 0.1) is 0 Å². The van der Waals surface area contributed by atoms with E-state index >= 15 is 0 Å². The fourth-order valence-corrected chi connectivity index (χ4v) is 4.20. The molecule has 0 saturated heterocycles. The number of hydrogen-bond acceptors (Lipinski definition) is 4. The number of ether oxygens (including phenoxy) is 1. The van der Waals surface area contributed by atoms with Crippen LogP contribution in [0.3, 0.4) is 0 Å². The molecular formula is C18H16F3NO3S. The number of thiophene rings is 1. The van der Waals surface area contributed by atoms with Gasteiger partial charge in [0.2, 0.25) is 0 Å². The quantitative estimate of drug-likeness (QED) is 0.780. The van der Waals surface area contributed by atoms with Crippen LogP contribution in [0.1, 0.15) is 50.1 Å². The number of esters is 1. The van der Waals surface area contributed by atoms with Crippen LogP contribution in [-0.2, 0) is 23.8 Å². The van der Waals surface area contributed by atoms with Crippen molar-refractivity contribution in [1.29, 1.82) is 0 Å². The standard InChI is InChI=1S/C18H16F3NO3S/c1-2-25-17(24)14-12-7-4-8-13(12)26-16(14)22-15(23)10-5-3-6-11(9-10)18(19,20)21/h3,5-6,9H,2,4,7-8H2,1H3,(H,22,23). The average molecular weight is 383 g/mol. The third kappa shape index (κ3) is 3.60. The molecule has 0 unspecified atom stereocenters. The molecule has 0 bridgehead atoms. The lowest BCUT2D eigenvalue weighted by Crippen LogP contribution is -2.16. The van der Waals surface area contributed by atoms with Gasteiger partial charge in [0.05, 0.1) is 17.7 Å². The van der Waals surface area contributed by atoms with Crippen LogP contribution >= 0.6 is 11.3 Å². The second-order valence-corrected chi connectivity index (χ2v) is 6.92. The van der Waals surface area contributed by atoms with E-state index in [2.05, 4.69) is 5.32 Å². The number of halogens is 3. The van der Waals surface area contributed by atoms with E-state index in [0.717, 1.165) is 41.8 Å². The zero-order valence-electron chi connectivity index (χ0n) is 13.9. The van der Waals surface area contributed by atoms with Gasteiger partial charge in [-0.2, -0.15) is 13.2 Å². The SMILES string of the molecule is CCOC(=O)c1c(NC(=O)c2cccc(C(F)(F)F)c2)sc2c1CCC2. The molecule has 3 rings (SSSR count). The number of rotatable bonds is 4. The number of hydrogen-bond donors (Lipinski definition) is 1. The Balaban J connectivity index is 1.90. The first-order valence-electron chi connectivity index (χ1n) is 8.11. The van der Waals surface area contributed by atoms with E-state index in [-0.39, 0.29) is 12.2 Å². The summed E-state index contributed by atoms with van der Waals surface area (Å²) in [5.41, 5.74) is 0.171. The summed E-state index contributed by atoms with van der Waals surface area (Å²) in [6.45, 7) is 1.88. The second kappa shape index (κ2) is 7.11. The van der Waals surface area contributed by atoms with Gasteiger partial charge in [-0.25, -0.2) is 4.79 Å². The lowest BCUT2D eigenvalue weighted by molar-refractivity contribution is -0.137. The lowest BCUT2D eigenvalue weighted by Gasteiger charge is -2.10. The van der Waals surface area contributed by atoms with Gasteiger partial charge in [0.1, 0.15) is 5.00 Å². The Morgan fingerprint density at radius 3 is 2.73 bits per heavy atom. The van der Waals surface area contributed by atoms with Crippen molar-refractivity contribution in [2.75, 3.05) is 11.9 Å². The maximum atomic E-state index is 12.8. The van der Waals surface area contributed by atoms with Gasteiger partial charge in [-0.05, 0) is 49.9 Å². The summed E-state index contributed by atoms with van der Waals surface area (Å²) < 4.78 is 43.6. The van der Waals surface area contributed by atoms with Crippen molar-refractivity contribution in [3.8, 4) is 0 Å². The van der Waals surface area contributed by atoms with Gasteiger partial charge < -0.3 is 10.1 Å². The van der Waals surface area contributed by atoms with E-state index in [0.29, 0.717) is 10.6 Å². The number of amides is 1. The lowest BCUT2D eigenvalue weighted by atomic mass is 10.1. The van der Waals surface area contributed by atoms with Gasteiger partial charge in [-0.15, -0.1) is 11.3 Å². The Labute approximate surface area is 152 Å². The van der Waals surface area contributed by atoms with E-state index in [1.165, 1.54) is 23.5 Å². The molecule has 1 aromatic heterocycles. The molecule has 138 valence electrons. The molecule has 0 fully saturated rings. The number of alkyl halides is 3. The molecule has 4 nitrogen and oxygen atoms in total. The molecule has 0 spiro atoms.